The molecule has 3 heterocycles. The lowest BCUT2D eigenvalue weighted by atomic mass is 9.91. The van der Waals surface area contributed by atoms with Crippen molar-refractivity contribution in [3.63, 3.8) is 0 Å². The van der Waals surface area contributed by atoms with Gasteiger partial charge >= 0.3 is 0 Å². The molecule has 9 nitrogen and oxygen atoms in total. The summed E-state index contributed by atoms with van der Waals surface area (Å²) in [5, 5.41) is 10.6. The highest BCUT2D eigenvalue weighted by atomic mass is 16.5. The number of rotatable bonds is 6. The lowest BCUT2D eigenvalue weighted by molar-refractivity contribution is 0.0462. The fourth-order valence-electron chi connectivity index (χ4n) is 2.71. The lowest BCUT2D eigenvalue weighted by Crippen LogP contribution is -2.36. The average molecular weight is 350 g/mol. The van der Waals surface area contributed by atoms with Crippen LogP contribution in [0.5, 0.6) is 5.88 Å². The predicted molar refractivity (Wildman–Crippen MR) is 85.2 cm³/mol. The van der Waals surface area contributed by atoms with Crippen LogP contribution in [0.25, 0.3) is 0 Å². The summed E-state index contributed by atoms with van der Waals surface area (Å²) in [7, 11) is 1.45. The van der Waals surface area contributed by atoms with Crippen molar-refractivity contribution in [2.45, 2.75) is 38.6 Å². The van der Waals surface area contributed by atoms with E-state index >= 15 is 0 Å². The van der Waals surface area contributed by atoms with Crippen molar-refractivity contribution in [1.29, 1.82) is 0 Å². The van der Waals surface area contributed by atoms with Gasteiger partial charge in [-0.05, 0) is 23.9 Å². The predicted octanol–water partition coefficient (Wildman–Crippen LogP) is 2.09. The van der Waals surface area contributed by atoms with Crippen LogP contribution in [0.4, 0.5) is 0 Å². The van der Waals surface area contributed by atoms with Gasteiger partial charge in [-0.15, -0.1) is 0 Å². The molecule has 0 radical (unpaired) electrons. The highest BCUT2D eigenvalue weighted by molar-refractivity contribution is 5.91. The van der Waals surface area contributed by atoms with Gasteiger partial charge in [0.1, 0.15) is 6.04 Å². The summed E-state index contributed by atoms with van der Waals surface area (Å²) in [5.41, 5.74) is 0. The van der Waals surface area contributed by atoms with Gasteiger partial charge in [0, 0.05) is 19.1 Å². The quantitative estimate of drug-likeness (QED) is 0.842. The van der Waals surface area contributed by atoms with Gasteiger partial charge in [0.25, 0.3) is 11.8 Å². The second-order valence-corrected chi connectivity index (χ2v) is 6.28. The molecule has 0 aromatic carbocycles. The molecular weight excluding hydrogens is 328 g/mol. The minimum absolute atomic E-state index is 0.0671. The molecule has 1 aliphatic heterocycles. The molecule has 1 N–H and O–H groups in total. The first-order valence-corrected chi connectivity index (χ1v) is 8.31. The molecule has 25 heavy (non-hydrogen) atoms. The van der Waals surface area contributed by atoms with E-state index in [1.807, 2.05) is 13.8 Å². The number of amides is 1. The normalized spacial score (nSPS) is 16.8. The molecule has 0 saturated carbocycles. The second-order valence-electron chi connectivity index (χ2n) is 6.28. The Balaban J connectivity index is 1.81. The highest BCUT2D eigenvalue weighted by Gasteiger charge is 2.32. The largest absolute Gasteiger partial charge is 0.479 e. The molecule has 0 bridgehead atoms. The number of hydrogen-bond donors (Lipinski definition) is 1. The first-order valence-electron chi connectivity index (χ1n) is 8.31. The van der Waals surface area contributed by atoms with Crippen LogP contribution in [-0.2, 0) is 4.74 Å². The van der Waals surface area contributed by atoms with Gasteiger partial charge in [0.2, 0.25) is 11.7 Å². The van der Waals surface area contributed by atoms with Crippen LogP contribution in [0.15, 0.2) is 15.1 Å². The summed E-state index contributed by atoms with van der Waals surface area (Å²) in [6.45, 7) is 5.24. The van der Waals surface area contributed by atoms with Crippen molar-refractivity contribution in [2.75, 3.05) is 20.3 Å². The number of ether oxygens (including phenoxy) is 2. The van der Waals surface area contributed by atoms with Crippen molar-refractivity contribution in [3.05, 3.63) is 23.5 Å². The molecular formula is C16H22N4O5. The Labute approximate surface area is 145 Å². The number of methoxy groups -OCH3 is 1. The maximum Gasteiger partial charge on any atom is 0.290 e. The molecule has 2 aromatic rings. The fourth-order valence-corrected chi connectivity index (χ4v) is 2.71. The Morgan fingerprint density at radius 1 is 1.28 bits per heavy atom. The lowest BCUT2D eigenvalue weighted by Gasteiger charge is -2.28. The van der Waals surface area contributed by atoms with Crippen LogP contribution in [0.3, 0.4) is 0 Å². The molecule has 1 atom stereocenters. The van der Waals surface area contributed by atoms with Crippen molar-refractivity contribution in [3.8, 4) is 5.88 Å². The molecule has 3 rings (SSSR count). The summed E-state index contributed by atoms with van der Waals surface area (Å²) in [6, 6.07) is 1.02. The van der Waals surface area contributed by atoms with Crippen molar-refractivity contribution >= 4 is 5.91 Å². The van der Waals surface area contributed by atoms with Gasteiger partial charge in [0.05, 0.1) is 13.2 Å². The summed E-state index contributed by atoms with van der Waals surface area (Å²) in [5.74, 6) is 1.20. The van der Waals surface area contributed by atoms with E-state index in [9.17, 15) is 4.79 Å². The Hall–Kier alpha value is -2.42. The Morgan fingerprint density at radius 3 is 2.64 bits per heavy atom. The van der Waals surface area contributed by atoms with Gasteiger partial charge in [-0.3, -0.25) is 4.79 Å². The molecule has 136 valence electrons. The van der Waals surface area contributed by atoms with E-state index in [1.165, 1.54) is 13.2 Å². The molecule has 1 fully saturated rings. The van der Waals surface area contributed by atoms with E-state index in [-0.39, 0.29) is 23.5 Å². The standard InChI is InChI=1S/C16H22N4O5/c1-9(2)14-18-16(25-20-14)13(10-4-6-23-7-5-10)17-15(21)11-8-12(22-3)19-24-11/h8-10,13H,4-7H2,1-3H3,(H,17,21)/t13-/m1/s1. The van der Waals surface area contributed by atoms with Crippen LogP contribution in [0, 0.1) is 5.92 Å². The van der Waals surface area contributed by atoms with Crippen LogP contribution >= 0.6 is 0 Å². The molecule has 9 heteroatoms. The number of nitrogens with zero attached hydrogens (tertiary/aromatic N) is 3. The van der Waals surface area contributed by atoms with E-state index in [4.69, 9.17) is 18.5 Å². The molecule has 2 aromatic heterocycles. The van der Waals surface area contributed by atoms with Gasteiger partial charge in [0.15, 0.2) is 5.82 Å². The monoisotopic (exact) mass is 350 g/mol. The molecule has 0 unspecified atom stereocenters. The van der Waals surface area contributed by atoms with Crippen molar-refractivity contribution in [2.24, 2.45) is 5.92 Å². The number of nitrogens with one attached hydrogen (secondary N) is 1. The first-order chi connectivity index (χ1) is 12.1. The third-order valence-electron chi connectivity index (χ3n) is 4.19. The number of hydrogen-bond acceptors (Lipinski definition) is 8. The summed E-state index contributed by atoms with van der Waals surface area (Å²) in [6.07, 6.45) is 1.59. The summed E-state index contributed by atoms with van der Waals surface area (Å²) < 4.78 is 20.8. The van der Waals surface area contributed by atoms with E-state index in [0.717, 1.165) is 12.8 Å². The molecule has 1 saturated heterocycles. The maximum absolute atomic E-state index is 12.5. The van der Waals surface area contributed by atoms with Crippen LogP contribution in [-0.4, -0.2) is 41.5 Å². The zero-order chi connectivity index (χ0) is 17.8. The topological polar surface area (TPSA) is 113 Å². The minimum atomic E-state index is -0.410. The van der Waals surface area contributed by atoms with Crippen LogP contribution < -0.4 is 10.1 Å². The smallest absolute Gasteiger partial charge is 0.290 e. The maximum atomic E-state index is 12.5. The van der Waals surface area contributed by atoms with E-state index in [2.05, 4.69) is 20.6 Å². The zero-order valence-corrected chi connectivity index (χ0v) is 14.5. The molecule has 0 spiro atoms. The van der Waals surface area contributed by atoms with Gasteiger partial charge in [-0.2, -0.15) is 4.98 Å². The summed E-state index contributed by atoms with van der Waals surface area (Å²) >= 11 is 0. The van der Waals surface area contributed by atoms with Crippen molar-refractivity contribution in [1.82, 2.24) is 20.6 Å². The van der Waals surface area contributed by atoms with E-state index in [0.29, 0.717) is 24.9 Å². The third-order valence-corrected chi connectivity index (χ3v) is 4.19. The van der Waals surface area contributed by atoms with E-state index in [1.54, 1.807) is 0 Å². The van der Waals surface area contributed by atoms with E-state index < -0.39 is 11.9 Å². The fraction of sp³-hybridized carbons (Fsp3) is 0.625. The van der Waals surface area contributed by atoms with Crippen LogP contribution in [0.1, 0.15) is 60.9 Å². The average Bonchev–Trinajstić information content (AvgIpc) is 3.29. The van der Waals surface area contributed by atoms with Crippen molar-refractivity contribution < 1.29 is 23.3 Å². The summed E-state index contributed by atoms with van der Waals surface area (Å²) in [4.78, 5) is 17.0. The third kappa shape index (κ3) is 3.98. The Morgan fingerprint density at radius 2 is 2.04 bits per heavy atom. The van der Waals surface area contributed by atoms with Crippen LogP contribution in [0.2, 0.25) is 0 Å². The number of carbonyl (C=O) groups is 1. The molecule has 1 amide bonds. The number of aromatic nitrogens is 3. The Kier molecular flexibility index (Phi) is 5.32. The SMILES string of the molecule is COc1cc(C(=O)N[C@@H](c2nc(C(C)C)no2)C2CCOCC2)on1. The molecule has 1 aliphatic rings. The minimum Gasteiger partial charge on any atom is -0.479 e. The second kappa shape index (κ2) is 7.64. The van der Waals surface area contributed by atoms with Gasteiger partial charge < -0.3 is 23.8 Å². The highest BCUT2D eigenvalue weighted by Crippen LogP contribution is 2.30. The first kappa shape index (κ1) is 17.4. The zero-order valence-electron chi connectivity index (χ0n) is 14.5. The number of carbonyl (C=O) groups excluding carboxylic acids is 1. The van der Waals surface area contributed by atoms with Gasteiger partial charge in [-0.1, -0.05) is 19.0 Å². The molecule has 0 aliphatic carbocycles. The Bertz CT molecular complexity index is 705. The van der Waals surface area contributed by atoms with Gasteiger partial charge in [-0.25, -0.2) is 0 Å².